The lowest BCUT2D eigenvalue weighted by molar-refractivity contribution is -0.128. The van der Waals surface area contributed by atoms with E-state index in [0.717, 1.165) is 27.6 Å². The summed E-state index contributed by atoms with van der Waals surface area (Å²) in [4.78, 5) is 27.6. The Labute approximate surface area is 159 Å². The Kier molecular flexibility index (Phi) is 5.60. The zero-order valence-corrected chi connectivity index (χ0v) is 15.9. The van der Waals surface area contributed by atoms with Crippen molar-refractivity contribution in [1.29, 1.82) is 0 Å². The maximum Gasteiger partial charge on any atom is 0.243 e. The molecule has 0 fully saturated rings. The lowest BCUT2D eigenvalue weighted by atomic mass is 10.0. The number of aryl methyl sites for hydroxylation is 2. The molecule has 5 nitrogen and oxygen atoms in total. The van der Waals surface area contributed by atoms with Gasteiger partial charge < -0.3 is 15.6 Å². The molecule has 3 aromatic rings. The Morgan fingerprint density at radius 1 is 1.07 bits per heavy atom. The number of carbonyl (C=O) groups excluding carboxylic acids is 2. The highest BCUT2D eigenvalue weighted by atomic mass is 16.2. The lowest BCUT2D eigenvalue weighted by Crippen LogP contribution is -2.47. The second kappa shape index (κ2) is 8.08. The van der Waals surface area contributed by atoms with Crippen LogP contribution in [0.25, 0.3) is 10.9 Å². The van der Waals surface area contributed by atoms with Crippen LogP contribution in [-0.4, -0.2) is 22.8 Å². The quantitative estimate of drug-likeness (QED) is 0.629. The molecule has 0 aliphatic carbocycles. The van der Waals surface area contributed by atoms with Gasteiger partial charge in [0.1, 0.15) is 6.04 Å². The van der Waals surface area contributed by atoms with E-state index in [4.69, 9.17) is 0 Å². The van der Waals surface area contributed by atoms with Crippen molar-refractivity contribution in [3.63, 3.8) is 0 Å². The summed E-state index contributed by atoms with van der Waals surface area (Å²) < 4.78 is 0. The molecule has 2 amide bonds. The molecule has 1 unspecified atom stereocenters. The van der Waals surface area contributed by atoms with Crippen LogP contribution >= 0.6 is 0 Å². The molecule has 0 saturated heterocycles. The Bertz CT molecular complexity index is 975. The van der Waals surface area contributed by atoms with Crippen molar-refractivity contribution in [1.82, 2.24) is 15.6 Å². The average Bonchev–Trinajstić information content (AvgIpc) is 3.03. The number of para-hydroxylation sites is 1. The van der Waals surface area contributed by atoms with Crippen molar-refractivity contribution in [3.8, 4) is 0 Å². The van der Waals surface area contributed by atoms with Crippen molar-refractivity contribution in [3.05, 3.63) is 70.9 Å². The fourth-order valence-corrected chi connectivity index (χ4v) is 3.32. The highest BCUT2D eigenvalue weighted by Gasteiger charge is 2.21. The second-order valence-corrected chi connectivity index (χ2v) is 6.96. The number of hydrogen-bond acceptors (Lipinski definition) is 2. The van der Waals surface area contributed by atoms with Crippen LogP contribution in [0.5, 0.6) is 0 Å². The highest BCUT2D eigenvalue weighted by Crippen LogP contribution is 2.19. The third kappa shape index (κ3) is 4.56. The fraction of sp³-hybridized carbons (Fsp3) is 0.273. The van der Waals surface area contributed by atoms with Gasteiger partial charge in [-0.25, -0.2) is 0 Å². The minimum atomic E-state index is -0.618. The Hall–Kier alpha value is -3.08. The molecule has 0 saturated carbocycles. The first-order valence-electron chi connectivity index (χ1n) is 9.10. The van der Waals surface area contributed by atoms with Crippen molar-refractivity contribution >= 4 is 22.7 Å². The van der Waals surface area contributed by atoms with E-state index in [1.54, 1.807) is 0 Å². The maximum atomic E-state index is 12.8. The van der Waals surface area contributed by atoms with E-state index in [1.165, 1.54) is 12.5 Å². The second-order valence-electron chi connectivity index (χ2n) is 6.96. The predicted octanol–water partition coefficient (Wildman–Crippen LogP) is 3.15. The van der Waals surface area contributed by atoms with Crippen LogP contribution in [-0.2, 0) is 22.6 Å². The van der Waals surface area contributed by atoms with Crippen LogP contribution in [0.3, 0.4) is 0 Å². The molecule has 0 aliphatic heterocycles. The number of hydrogen-bond donors (Lipinski definition) is 3. The van der Waals surface area contributed by atoms with E-state index in [1.807, 2.05) is 56.4 Å². The van der Waals surface area contributed by atoms with Crippen LogP contribution in [0.2, 0.25) is 0 Å². The van der Waals surface area contributed by atoms with Crippen molar-refractivity contribution in [2.24, 2.45) is 0 Å². The summed E-state index contributed by atoms with van der Waals surface area (Å²) in [6.07, 6.45) is 2.33. The standard InChI is InChI=1S/C22H25N3O2/c1-14-8-9-17(15(2)10-14)12-24-22(27)21(25-16(3)26)11-18-13-23-20-7-5-4-6-19(18)20/h4-10,13,21,23H,11-12H2,1-3H3,(H,24,27)(H,25,26). The summed E-state index contributed by atoms with van der Waals surface area (Å²) in [5.41, 5.74) is 5.43. The molecule has 0 aliphatic rings. The van der Waals surface area contributed by atoms with Gasteiger partial charge in [0.15, 0.2) is 0 Å². The molecular weight excluding hydrogens is 338 g/mol. The van der Waals surface area contributed by atoms with E-state index in [9.17, 15) is 9.59 Å². The molecule has 0 radical (unpaired) electrons. The summed E-state index contributed by atoms with van der Waals surface area (Å²) in [6, 6.07) is 13.5. The van der Waals surface area contributed by atoms with Gasteiger partial charge in [-0.15, -0.1) is 0 Å². The first-order valence-corrected chi connectivity index (χ1v) is 9.10. The summed E-state index contributed by atoms with van der Waals surface area (Å²) >= 11 is 0. The van der Waals surface area contributed by atoms with Gasteiger partial charge in [-0.3, -0.25) is 9.59 Å². The van der Waals surface area contributed by atoms with E-state index >= 15 is 0 Å². The molecule has 1 heterocycles. The van der Waals surface area contributed by atoms with E-state index in [0.29, 0.717) is 13.0 Å². The molecule has 3 rings (SSSR count). The summed E-state index contributed by atoms with van der Waals surface area (Å²) in [6.45, 7) is 5.95. The average molecular weight is 363 g/mol. The first kappa shape index (κ1) is 18.7. The number of aromatic amines is 1. The minimum Gasteiger partial charge on any atom is -0.361 e. The molecule has 5 heteroatoms. The van der Waals surface area contributed by atoms with Crippen LogP contribution < -0.4 is 10.6 Å². The first-order chi connectivity index (χ1) is 12.9. The molecule has 0 spiro atoms. The fourth-order valence-electron chi connectivity index (χ4n) is 3.32. The number of amides is 2. The van der Waals surface area contributed by atoms with Crippen LogP contribution in [0.1, 0.15) is 29.2 Å². The zero-order chi connectivity index (χ0) is 19.4. The topological polar surface area (TPSA) is 74.0 Å². The number of aromatic nitrogens is 1. The van der Waals surface area contributed by atoms with Gasteiger partial charge in [0.2, 0.25) is 11.8 Å². The summed E-state index contributed by atoms with van der Waals surface area (Å²) in [5.74, 6) is -0.406. The number of H-pyrrole nitrogens is 1. The molecule has 3 N–H and O–H groups in total. The molecule has 140 valence electrons. The van der Waals surface area contributed by atoms with Gasteiger partial charge >= 0.3 is 0 Å². The number of fused-ring (bicyclic) bond motifs is 1. The lowest BCUT2D eigenvalue weighted by Gasteiger charge is -2.18. The van der Waals surface area contributed by atoms with Gasteiger partial charge in [0.05, 0.1) is 0 Å². The monoisotopic (exact) mass is 363 g/mol. The van der Waals surface area contributed by atoms with Gasteiger partial charge in [0, 0.05) is 37.0 Å². The van der Waals surface area contributed by atoms with Gasteiger partial charge in [-0.2, -0.15) is 0 Å². The van der Waals surface area contributed by atoms with E-state index < -0.39 is 6.04 Å². The zero-order valence-electron chi connectivity index (χ0n) is 15.9. The normalized spacial score (nSPS) is 12.0. The molecule has 0 bridgehead atoms. The third-order valence-corrected chi connectivity index (χ3v) is 4.74. The van der Waals surface area contributed by atoms with Crippen molar-refractivity contribution < 1.29 is 9.59 Å². The molecule has 27 heavy (non-hydrogen) atoms. The maximum absolute atomic E-state index is 12.8. The van der Waals surface area contributed by atoms with E-state index in [2.05, 4.69) is 21.7 Å². The number of carbonyl (C=O) groups is 2. The predicted molar refractivity (Wildman–Crippen MR) is 107 cm³/mol. The molecule has 1 atom stereocenters. The molecule has 2 aromatic carbocycles. The van der Waals surface area contributed by atoms with Gasteiger partial charge in [-0.1, -0.05) is 42.0 Å². The summed E-state index contributed by atoms with van der Waals surface area (Å²) in [7, 11) is 0. The Morgan fingerprint density at radius 3 is 2.59 bits per heavy atom. The van der Waals surface area contributed by atoms with Crippen LogP contribution in [0.4, 0.5) is 0 Å². The van der Waals surface area contributed by atoms with Crippen LogP contribution in [0.15, 0.2) is 48.7 Å². The van der Waals surface area contributed by atoms with Crippen molar-refractivity contribution in [2.45, 2.75) is 39.8 Å². The Morgan fingerprint density at radius 2 is 1.85 bits per heavy atom. The van der Waals surface area contributed by atoms with Crippen molar-refractivity contribution in [2.75, 3.05) is 0 Å². The number of benzene rings is 2. The Balaban J connectivity index is 1.73. The van der Waals surface area contributed by atoms with Gasteiger partial charge in [0.25, 0.3) is 0 Å². The molecule has 1 aromatic heterocycles. The third-order valence-electron chi connectivity index (χ3n) is 4.74. The summed E-state index contributed by atoms with van der Waals surface area (Å²) in [5, 5.41) is 6.80. The SMILES string of the molecule is CC(=O)NC(Cc1c[nH]c2ccccc12)C(=O)NCc1ccc(C)cc1C. The molecular formula is C22H25N3O2. The minimum absolute atomic E-state index is 0.185. The van der Waals surface area contributed by atoms with Crippen LogP contribution in [0, 0.1) is 13.8 Å². The smallest absolute Gasteiger partial charge is 0.243 e. The number of nitrogens with one attached hydrogen (secondary N) is 3. The number of rotatable bonds is 6. The van der Waals surface area contributed by atoms with E-state index in [-0.39, 0.29) is 11.8 Å². The highest BCUT2D eigenvalue weighted by molar-refractivity contribution is 5.89. The largest absolute Gasteiger partial charge is 0.361 e. The van der Waals surface area contributed by atoms with Gasteiger partial charge in [-0.05, 0) is 36.6 Å².